The summed E-state index contributed by atoms with van der Waals surface area (Å²) < 4.78 is 4.84. The first-order valence-electron chi connectivity index (χ1n) is 10.8. The quantitative estimate of drug-likeness (QED) is 0.217. The maximum absolute atomic E-state index is 12.6. The summed E-state index contributed by atoms with van der Waals surface area (Å²) in [6, 6.07) is 13.1. The Morgan fingerprint density at radius 2 is 1.62 bits per heavy atom. The average molecular weight is 466 g/mol. The van der Waals surface area contributed by atoms with Crippen molar-refractivity contribution in [2.75, 3.05) is 31.1 Å². The molecule has 0 spiro atoms. The Labute approximate surface area is 197 Å². The summed E-state index contributed by atoms with van der Waals surface area (Å²) in [6.07, 6.45) is 0. The molecule has 3 rings (SSSR count). The van der Waals surface area contributed by atoms with E-state index in [1.807, 2.05) is 23.1 Å². The van der Waals surface area contributed by atoms with E-state index in [2.05, 4.69) is 6.58 Å². The lowest BCUT2D eigenvalue weighted by molar-refractivity contribution is -0.385. The summed E-state index contributed by atoms with van der Waals surface area (Å²) in [5.74, 6) is -2.09. The van der Waals surface area contributed by atoms with E-state index in [1.54, 1.807) is 43.9 Å². The van der Waals surface area contributed by atoms with Crippen LogP contribution in [0.5, 0.6) is 0 Å². The normalized spacial score (nSPS) is 13.9. The molecule has 1 aliphatic rings. The molecular formula is C25H27N3O6. The molecule has 0 bridgehead atoms. The second-order valence-electron chi connectivity index (χ2n) is 9.01. The molecular weight excluding hydrogens is 438 g/mol. The minimum atomic E-state index is -1.10. The number of nitro groups is 1. The standard InChI is InChI=1S/C25H27N3O6/c1-17(25(2,3)4)23(30)34-24(31)20-11-10-19(16-21(20)28(32)33)26-12-14-27(15-13-26)22(29)18-8-6-5-7-9-18/h5-11,16H,1,12-15H2,2-4H3. The number of hydrogen-bond acceptors (Lipinski definition) is 7. The van der Waals surface area contributed by atoms with Crippen molar-refractivity contribution in [2.45, 2.75) is 20.8 Å². The highest BCUT2D eigenvalue weighted by atomic mass is 16.6. The van der Waals surface area contributed by atoms with Gasteiger partial charge in [-0.05, 0) is 29.7 Å². The molecule has 1 heterocycles. The Hall–Kier alpha value is -4.01. The molecule has 2 aromatic rings. The molecule has 9 heteroatoms. The van der Waals surface area contributed by atoms with Crippen LogP contribution in [0.2, 0.25) is 0 Å². The zero-order valence-corrected chi connectivity index (χ0v) is 19.4. The minimum Gasteiger partial charge on any atom is -0.386 e. The summed E-state index contributed by atoms with van der Waals surface area (Å²) in [7, 11) is 0. The Balaban J connectivity index is 1.72. The van der Waals surface area contributed by atoms with Gasteiger partial charge in [-0.15, -0.1) is 0 Å². The summed E-state index contributed by atoms with van der Waals surface area (Å²) >= 11 is 0. The molecule has 9 nitrogen and oxygen atoms in total. The molecule has 0 unspecified atom stereocenters. The third kappa shape index (κ3) is 5.48. The molecule has 1 saturated heterocycles. The van der Waals surface area contributed by atoms with Crippen LogP contribution in [-0.4, -0.2) is 53.8 Å². The number of nitrogens with zero attached hydrogens (tertiary/aromatic N) is 3. The summed E-state index contributed by atoms with van der Waals surface area (Å²) in [5, 5.41) is 11.7. The van der Waals surface area contributed by atoms with Crippen molar-refractivity contribution in [1.82, 2.24) is 4.90 Å². The van der Waals surface area contributed by atoms with Crippen molar-refractivity contribution in [3.8, 4) is 0 Å². The van der Waals surface area contributed by atoms with Crippen LogP contribution in [0.3, 0.4) is 0 Å². The van der Waals surface area contributed by atoms with Gasteiger partial charge in [0.25, 0.3) is 11.6 Å². The van der Waals surface area contributed by atoms with E-state index in [0.29, 0.717) is 37.4 Å². The molecule has 0 radical (unpaired) electrons. The molecule has 2 aromatic carbocycles. The zero-order chi connectivity index (χ0) is 25.0. The van der Waals surface area contributed by atoms with E-state index >= 15 is 0 Å². The van der Waals surface area contributed by atoms with Crippen LogP contribution in [0.1, 0.15) is 41.5 Å². The average Bonchev–Trinajstić information content (AvgIpc) is 2.82. The molecule has 0 aromatic heterocycles. The summed E-state index contributed by atoms with van der Waals surface area (Å²) in [5.41, 5.74) is -0.153. The number of anilines is 1. The smallest absolute Gasteiger partial charge is 0.353 e. The highest BCUT2D eigenvalue weighted by molar-refractivity contribution is 6.04. The van der Waals surface area contributed by atoms with Crippen molar-refractivity contribution in [3.63, 3.8) is 0 Å². The second kappa shape index (κ2) is 9.86. The number of carbonyl (C=O) groups excluding carboxylic acids is 3. The predicted molar refractivity (Wildman–Crippen MR) is 127 cm³/mol. The maximum Gasteiger partial charge on any atom is 0.353 e. The number of amides is 1. The third-order valence-electron chi connectivity index (χ3n) is 5.69. The molecule has 1 fully saturated rings. The SMILES string of the molecule is C=C(C(=O)OC(=O)c1ccc(N2CCN(C(=O)c3ccccc3)CC2)cc1[N+](=O)[O-])C(C)(C)C. The van der Waals surface area contributed by atoms with Gasteiger partial charge in [0, 0.05) is 49.1 Å². The van der Waals surface area contributed by atoms with E-state index in [0.717, 1.165) is 0 Å². The van der Waals surface area contributed by atoms with Crippen LogP contribution in [0.4, 0.5) is 11.4 Å². The Morgan fingerprint density at radius 3 is 2.18 bits per heavy atom. The molecule has 1 aliphatic heterocycles. The Kier molecular flexibility index (Phi) is 7.14. The largest absolute Gasteiger partial charge is 0.386 e. The first-order chi connectivity index (χ1) is 16.0. The van der Waals surface area contributed by atoms with Gasteiger partial charge in [0.05, 0.1) is 4.92 Å². The van der Waals surface area contributed by atoms with Gasteiger partial charge in [-0.2, -0.15) is 0 Å². The topological polar surface area (TPSA) is 110 Å². The van der Waals surface area contributed by atoms with E-state index in [9.17, 15) is 24.5 Å². The van der Waals surface area contributed by atoms with Crippen LogP contribution in [0.15, 0.2) is 60.7 Å². The molecule has 0 aliphatic carbocycles. The van der Waals surface area contributed by atoms with Gasteiger partial charge >= 0.3 is 11.9 Å². The predicted octanol–water partition coefficient (Wildman–Crippen LogP) is 3.84. The van der Waals surface area contributed by atoms with Gasteiger partial charge in [-0.1, -0.05) is 45.5 Å². The lowest BCUT2D eigenvalue weighted by atomic mass is 9.88. The number of carbonyl (C=O) groups is 3. The fourth-order valence-electron chi connectivity index (χ4n) is 3.48. The van der Waals surface area contributed by atoms with Crippen LogP contribution in [0.25, 0.3) is 0 Å². The lowest BCUT2D eigenvalue weighted by Crippen LogP contribution is -2.48. The van der Waals surface area contributed by atoms with E-state index < -0.39 is 28.0 Å². The van der Waals surface area contributed by atoms with Gasteiger partial charge in [0.1, 0.15) is 5.56 Å². The van der Waals surface area contributed by atoms with E-state index in [-0.39, 0.29) is 17.0 Å². The number of benzene rings is 2. The number of esters is 2. The molecule has 0 saturated carbocycles. The van der Waals surface area contributed by atoms with Gasteiger partial charge in [0.2, 0.25) is 0 Å². The van der Waals surface area contributed by atoms with Gasteiger partial charge in [0.15, 0.2) is 0 Å². The Morgan fingerprint density at radius 1 is 1.00 bits per heavy atom. The number of hydrogen-bond donors (Lipinski definition) is 0. The number of ether oxygens (including phenoxy) is 1. The molecule has 0 atom stereocenters. The molecule has 178 valence electrons. The number of rotatable bonds is 5. The molecule has 34 heavy (non-hydrogen) atoms. The van der Waals surface area contributed by atoms with Crippen molar-refractivity contribution in [2.24, 2.45) is 5.41 Å². The van der Waals surface area contributed by atoms with Crippen LogP contribution >= 0.6 is 0 Å². The van der Waals surface area contributed by atoms with Crippen LogP contribution < -0.4 is 4.90 Å². The van der Waals surface area contributed by atoms with Crippen molar-refractivity contribution >= 4 is 29.2 Å². The zero-order valence-electron chi connectivity index (χ0n) is 19.4. The van der Waals surface area contributed by atoms with E-state index in [4.69, 9.17) is 4.74 Å². The number of piperazine rings is 1. The van der Waals surface area contributed by atoms with Crippen LogP contribution in [0, 0.1) is 15.5 Å². The highest BCUT2D eigenvalue weighted by Gasteiger charge is 2.30. The van der Waals surface area contributed by atoms with Crippen molar-refractivity contribution in [1.29, 1.82) is 0 Å². The fourth-order valence-corrected chi connectivity index (χ4v) is 3.48. The van der Waals surface area contributed by atoms with Crippen LogP contribution in [-0.2, 0) is 9.53 Å². The van der Waals surface area contributed by atoms with Crippen molar-refractivity contribution in [3.05, 3.63) is 81.9 Å². The maximum atomic E-state index is 12.6. The molecule has 0 N–H and O–H groups in total. The second-order valence-corrected chi connectivity index (χ2v) is 9.01. The Bertz CT molecular complexity index is 1130. The van der Waals surface area contributed by atoms with Gasteiger partial charge in [-0.25, -0.2) is 9.59 Å². The third-order valence-corrected chi connectivity index (χ3v) is 5.69. The summed E-state index contributed by atoms with van der Waals surface area (Å²) in [4.78, 5) is 52.0. The lowest BCUT2D eigenvalue weighted by Gasteiger charge is -2.36. The molecule has 1 amide bonds. The highest BCUT2D eigenvalue weighted by Crippen LogP contribution is 2.29. The first kappa shape index (κ1) is 24.6. The fraction of sp³-hybridized carbons (Fsp3) is 0.320. The number of nitro benzene ring substituents is 1. The minimum absolute atomic E-state index is 0.0640. The summed E-state index contributed by atoms with van der Waals surface area (Å²) in [6.45, 7) is 10.7. The van der Waals surface area contributed by atoms with Crippen molar-refractivity contribution < 1.29 is 24.0 Å². The van der Waals surface area contributed by atoms with Gasteiger partial charge in [-0.3, -0.25) is 14.9 Å². The van der Waals surface area contributed by atoms with Gasteiger partial charge < -0.3 is 14.5 Å². The first-order valence-corrected chi connectivity index (χ1v) is 10.8. The monoisotopic (exact) mass is 465 g/mol. The van der Waals surface area contributed by atoms with E-state index in [1.165, 1.54) is 12.1 Å².